The Bertz CT molecular complexity index is 2690. The first-order chi connectivity index (χ1) is 26.9. The van der Waals surface area contributed by atoms with Crippen LogP contribution in [-0.4, -0.2) is 56.7 Å². The molecule has 0 radical (unpaired) electrons. The van der Waals surface area contributed by atoms with Crippen LogP contribution in [0.4, 0.5) is 42.9 Å². The molecule has 0 aromatic heterocycles. The van der Waals surface area contributed by atoms with Gasteiger partial charge < -0.3 is 10.2 Å². The highest BCUT2D eigenvalue weighted by atomic mass is 35.5. The molecule has 0 bridgehead atoms. The molecular formula is C38H31Cl2F2N7O5S4. The van der Waals surface area contributed by atoms with Crippen LogP contribution in [0.1, 0.15) is 27.7 Å². The number of aliphatic imine (C=N–C) groups is 1. The van der Waals surface area contributed by atoms with Crippen LogP contribution in [-0.2, 0) is 24.5 Å². The van der Waals surface area contributed by atoms with Crippen molar-refractivity contribution in [1.82, 2.24) is 0 Å². The zero-order chi connectivity index (χ0) is 44.0. The number of carbonyl (C=O) groups excluding carboxylic acids is 1. The van der Waals surface area contributed by atoms with Crippen molar-refractivity contribution in [2.24, 2.45) is 4.99 Å². The Hall–Kier alpha value is -5.35. The number of isothiocyanates is 1. The Balaban J connectivity index is 0.000000261. The number of sulfone groups is 2. The molecule has 4 aromatic rings. The van der Waals surface area contributed by atoms with E-state index in [0.29, 0.717) is 5.69 Å². The number of carbonyl (C=O) groups is 1. The van der Waals surface area contributed by atoms with E-state index in [1.807, 2.05) is 5.16 Å². The standard InChI is InChI=1S/C19H15ClFN3O3S2.C11H14N2O2S.C8H2ClFN2S/c1-19(2)17(25)23(14-10-9-13(22-3)15(20)16(14)21)18(28)24(19)11-5-7-12(8-6-11)29(4,26)27;1-11(2,12-3)13-9-5-7-10(8-6-9)16(4,14)15;1-11-5-2-3-6(12-4-13)8(10)7(5)9/h5-10H,1-2,4H3;5-8,13H,1-2,4H3;2-3H. The first kappa shape index (κ1) is 47.0. The van der Waals surface area contributed by atoms with E-state index < -0.39 is 48.4 Å². The van der Waals surface area contributed by atoms with Gasteiger partial charge in [0.1, 0.15) is 11.2 Å². The SMILES string of the molecule is [C-]#[N+]C(C)(C)Nc1ccc(S(C)(=O)=O)cc1.[C-]#[N+]c1ccc(N2C(=O)C(C)(C)N(c3ccc(S(C)(=O)=O)cc3)C2=S)c(F)c1Cl.[C-]#[N+]c1ccc(N=C=S)c(F)c1Cl. The monoisotopic (exact) mass is 901 g/mol. The van der Waals surface area contributed by atoms with Crippen molar-refractivity contribution in [1.29, 1.82) is 0 Å². The maximum Gasteiger partial charge on any atom is 0.299 e. The average Bonchev–Trinajstić information content (AvgIpc) is 3.33. The number of halogens is 4. The minimum Gasteiger partial charge on any atom is -0.315 e. The Labute approximate surface area is 356 Å². The molecule has 0 unspecified atom stereocenters. The van der Waals surface area contributed by atoms with Crippen molar-refractivity contribution < 1.29 is 30.4 Å². The fraction of sp³-hybridized carbons (Fsp3) is 0.211. The zero-order valence-corrected chi connectivity index (χ0v) is 36.1. The van der Waals surface area contributed by atoms with E-state index in [9.17, 15) is 30.4 Å². The molecule has 58 heavy (non-hydrogen) atoms. The van der Waals surface area contributed by atoms with Gasteiger partial charge >= 0.3 is 0 Å². The largest absolute Gasteiger partial charge is 0.315 e. The van der Waals surface area contributed by atoms with Crippen molar-refractivity contribution in [3.05, 3.63) is 129 Å². The lowest BCUT2D eigenvalue weighted by atomic mass is 10.0. The van der Waals surface area contributed by atoms with Crippen LogP contribution in [0.25, 0.3) is 14.5 Å². The number of thiocarbonyl (C=S) groups is 2. The fourth-order valence-electron chi connectivity index (χ4n) is 4.99. The third-order valence-electron chi connectivity index (χ3n) is 7.93. The summed E-state index contributed by atoms with van der Waals surface area (Å²) in [6.07, 6.45) is 2.26. The lowest BCUT2D eigenvalue weighted by Crippen LogP contribution is -2.44. The minimum absolute atomic E-state index is 0.00704. The summed E-state index contributed by atoms with van der Waals surface area (Å²) in [6, 6.07) is 17.6. The fourth-order valence-corrected chi connectivity index (χ4v) is 7.27. The number of rotatable bonds is 7. The third kappa shape index (κ3) is 10.8. The maximum absolute atomic E-state index is 14.8. The Morgan fingerprint density at radius 2 is 1.28 bits per heavy atom. The minimum atomic E-state index is -3.38. The third-order valence-corrected chi connectivity index (χ3v) is 11.4. The first-order valence-electron chi connectivity index (χ1n) is 16.1. The summed E-state index contributed by atoms with van der Waals surface area (Å²) in [5.74, 6) is -2.14. The molecule has 1 saturated heterocycles. The summed E-state index contributed by atoms with van der Waals surface area (Å²) in [6.45, 7) is 27.4. The van der Waals surface area contributed by atoms with Crippen LogP contribution in [0.3, 0.4) is 0 Å². The number of amides is 1. The molecule has 1 N–H and O–H groups in total. The second-order valence-electron chi connectivity index (χ2n) is 13.1. The molecule has 20 heteroatoms. The maximum atomic E-state index is 14.8. The van der Waals surface area contributed by atoms with Gasteiger partial charge in [0.05, 0.1) is 43.8 Å². The smallest absolute Gasteiger partial charge is 0.299 e. The van der Waals surface area contributed by atoms with E-state index in [-0.39, 0.29) is 47.7 Å². The molecule has 5 rings (SSSR count). The first-order valence-corrected chi connectivity index (χ1v) is 21.5. The molecule has 1 amide bonds. The molecule has 300 valence electrons. The number of anilines is 3. The van der Waals surface area contributed by atoms with Crippen molar-refractivity contribution >= 4 is 118 Å². The van der Waals surface area contributed by atoms with Gasteiger partial charge in [0.2, 0.25) is 11.4 Å². The predicted octanol–water partition coefficient (Wildman–Crippen LogP) is 10.3. The summed E-state index contributed by atoms with van der Waals surface area (Å²) < 4.78 is 73.8. The molecule has 1 fully saturated rings. The molecule has 1 aliphatic heterocycles. The molecule has 0 atom stereocenters. The summed E-state index contributed by atoms with van der Waals surface area (Å²) in [5.41, 5.74) is -0.817. The molecule has 0 spiro atoms. The van der Waals surface area contributed by atoms with Crippen LogP contribution in [0.2, 0.25) is 10.0 Å². The molecule has 12 nitrogen and oxygen atoms in total. The molecule has 1 aliphatic rings. The van der Waals surface area contributed by atoms with Gasteiger partial charge in [-0.15, -0.1) is 0 Å². The Kier molecular flexibility index (Phi) is 15.0. The van der Waals surface area contributed by atoms with E-state index in [4.69, 9.17) is 55.1 Å². The van der Waals surface area contributed by atoms with Crippen LogP contribution in [0.15, 0.2) is 87.6 Å². The molecular weight excluding hydrogens is 872 g/mol. The van der Waals surface area contributed by atoms with Gasteiger partial charge in [-0.25, -0.2) is 41.9 Å². The lowest BCUT2D eigenvalue weighted by Gasteiger charge is -2.29. The van der Waals surface area contributed by atoms with E-state index in [0.717, 1.165) is 16.8 Å². The zero-order valence-electron chi connectivity index (χ0n) is 31.3. The number of nitrogens with one attached hydrogen (secondary N) is 1. The van der Waals surface area contributed by atoms with Gasteiger partial charge in [-0.2, -0.15) is 4.99 Å². The Morgan fingerprint density at radius 3 is 1.72 bits per heavy atom. The highest BCUT2D eigenvalue weighted by Crippen LogP contribution is 2.41. The van der Waals surface area contributed by atoms with Crippen molar-refractivity contribution in [2.45, 2.75) is 48.7 Å². The summed E-state index contributed by atoms with van der Waals surface area (Å²) >= 11 is 21.2. The van der Waals surface area contributed by atoms with Crippen LogP contribution >= 0.6 is 47.6 Å². The van der Waals surface area contributed by atoms with Gasteiger partial charge in [-0.1, -0.05) is 35.3 Å². The number of nitrogens with zero attached hydrogens (tertiary/aromatic N) is 6. The van der Waals surface area contributed by atoms with E-state index >= 15 is 0 Å². The van der Waals surface area contributed by atoms with Gasteiger partial charge in [0.15, 0.2) is 36.4 Å². The quantitative estimate of drug-likeness (QED) is 0.109. The summed E-state index contributed by atoms with van der Waals surface area (Å²) in [7, 11) is -6.54. The van der Waals surface area contributed by atoms with Crippen LogP contribution in [0, 0.1) is 31.4 Å². The number of hydrogen-bond acceptors (Lipinski definition) is 9. The van der Waals surface area contributed by atoms with Crippen molar-refractivity contribution in [3.8, 4) is 0 Å². The molecule has 4 aromatic carbocycles. The van der Waals surface area contributed by atoms with Gasteiger partial charge in [-0.3, -0.25) is 14.5 Å². The predicted molar refractivity (Wildman–Crippen MR) is 230 cm³/mol. The van der Waals surface area contributed by atoms with Crippen LogP contribution < -0.4 is 15.1 Å². The van der Waals surface area contributed by atoms with Crippen LogP contribution in [0.5, 0.6) is 0 Å². The normalized spacial score (nSPS) is 13.4. The molecule has 0 aliphatic carbocycles. The number of benzene rings is 4. The highest BCUT2D eigenvalue weighted by Gasteiger charge is 2.51. The van der Waals surface area contributed by atoms with Gasteiger partial charge in [0, 0.05) is 37.7 Å². The van der Waals surface area contributed by atoms with Gasteiger partial charge in [-0.05, 0) is 98.9 Å². The van der Waals surface area contributed by atoms with E-state index in [1.165, 1.54) is 71.8 Å². The topological polar surface area (TPSA) is 129 Å². The second kappa shape index (κ2) is 18.5. The van der Waals surface area contributed by atoms with E-state index in [1.54, 1.807) is 39.8 Å². The second-order valence-corrected chi connectivity index (χ2v) is 18.4. The number of hydrogen-bond donors (Lipinski definition) is 1. The van der Waals surface area contributed by atoms with E-state index in [2.05, 4.69) is 37.1 Å². The molecule has 1 heterocycles. The highest BCUT2D eigenvalue weighted by molar-refractivity contribution is 7.91. The summed E-state index contributed by atoms with van der Waals surface area (Å²) in [4.78, 5) is 29.1. The molecule has 0 saturated carbocycles. The van der Waals surface area contributed by atoms with Gasteiger partial charge in [0.25, 0.3) is 11.6 Å². The average molecular weight is 903 g/mol. The summed E-state index contributed by atoms with van der Waals surface area (Å²) in [5, 5.41) is 4.41. The Morgan fingerprint density at radius 1 is 0.810 bits per heavy atom. The lowest BCUT2D eigenvalue weighted by molar-refractivity contribution is -0.120. The van der Waals surface area contributed by atoms with Crippen molar-refractivity contribution in [2.75, 3.05) is 27.6 Å². The van der Waals surface area contributed by atoms with Crippen molar-refractivity contribution in [3.63, 3.8) is 0 Å².